The molecule has 96 valence electrons. The van der Waals surface area contributed by atoms with Crippen LogP contribution in [0.5, 0.6) is 0 Å². The van der Waals surface area contributed by atoms with Crippen molar-refractivity contribution in [3.63, 3.8) is 0 Å². The molecule has 0 spiro atoms. The zero-order valence-electron chi connectivity index (χ0n) is 9.06. The smallest absolute Gasteiger partial charge is 0.207 e. The maximum Gasteiger partial charge on any atom is 0.240 e. The van der Waals surface area contributed by atoms with Gasteiger partial charge in [0.05, 0.1) is 14.9 Å². The Labute approximate surface area is 119 Å². The van der Waals surface area contributed by atoms with Crippen molar-refractivity contribution < 1.29 is 8.42 Å². The quantitative estimate of drug-likeness (QED) is 0.936. The van der Waals surface area contributed by atoms with Crippen molar-refractivity contribution in [1.29, 1.82) is 0 Å². The van der Waals surface area contributed by atoms with Crippen molar-refractivity contribution in [2.75, 3.05) is 0 Å². The molecule has 0 aliphatic carbocycles. The Hall–Kier alpha value is -0.590. The Morgan fingerprint density at radius 2 is 1.94 bits per heavy atom. The van der Waals surface area contributed by atoms with E-state index >= 15 is 0 Å². The molecule has 1 N–H and O–H groups in total. The number of benzene rings is 1. The van der Waals surface area contributed by atoms with Crippen molar-refractivity contribution in [2.24, 2.45) is 0 Å². The van der Waals surface area contributed by atoms with Gasteiger partial charge in [0.15, 0.2) is 0 Å². The average molecular weight is 322 g/mol. The molecule has 0 aliphatic heterocycles. The molecular weight excluding hydrogens is 313 g/mol. The zero-order chi connectivity index (χ0) is 13.2. The van der Waals surface area contributed by atoms with Crippen LogP contribution < -0.4 is 4.72 Å². The molecule has 0 radical (unpaired) electrons. The maximum atomic E-state index is 12.0. The summed E-state index contributed by atoms with van der Waals surface area (Å²) in [7, 11) is -3.56. The number of rotatable bonds is 4. The van der Waals surface area contributed by atoms with Crippen LogP contribution in [0.2, 0.25) is 10.0 Å². The Morgan fingerprint density at radius 3 is 2.56 bits per heavy atom. The molecule has 2 aromatic rings. The summed E-state index contributed by atoms with van der Waals surface area (Å²) in [5.41, 5.74) is 0. The molecule has 0 saturated carbocycles. The van der Waals surface area contributed by atoms with Gasteiger partial charge in [-0.05, 0) is 29.6 Å². The normalized spacial score (nSPS) is 11.7. The van der Waals surface area contributed by atoms with Crippen LogP contribution in [0.25, 0.3) is 0 Å². The van der Waals surface area contributed by atoms with Gasteiger partial charge in [-0.25, -0.2) is 13.1 Å². The van der Waals surface area contributed by atoms with E-state index in [-0.39, 0.29) is 16.5 Å². The molecule has 0 saturated heterocycles. The fraction of sp³-hybridized carbons (Fsp3) is 0.0909. The second-order valence-corrected chi connectivity index (χ2v) is 7.09. The highest BCUT2D eigenvalue weighted by Crippen LogP contribution is 2.24. The van der Waals surface area contributed by atoms with E-state index in [4.69, 9.17) is 23.2 Å². The zero-order valence-corrected chi connectivity index (χ0v) is 12.2. The van der Waals surface area contributed by atoms with Crippen LogP contribution in [-0.4, -0.2) is 8.42 Å². The lowest BCUT2D eigenvalue weighted by Crippen LogP contribution is -2.22. The van der Waals surface area contributed by atoms with E-state index in [1.807, 2.05) is 17.5 Å². The van der Waals surface area contributed by atoms with E-state index in [9.17, 15) is 8.42 Å². The molecule has 1 aromatic carbocycles. The predicted octanol–water partition coefficient (Wildman–Crippen LogP) is 3.53. The minimum atomic E-state index is -3.56. The number of thiophene rings is 1. The van der Waals surface area contributed by atoms with Crippen LogP contribution in [0, 0.1) is 0 Å². The molecule has 0 fully saturated rings. The first-order valence-electron chi connectivity index (χ1n) is 4.96. The first-order valence-corrected chi connectivity index (χ1v) is 8.08. The number of hydrogen-bond acceptors (Lipinski definition) is 3. The Balaban J connectivity index is 2.17. The fourth-order valence-electron chi connectivity index (χ4n) is 1.31. The Bertz CT molecular complexity index is 639. The van der Waals surface area contributed by atoms with E-state index < -0.39 is 10.0 Å². The highest BCUT2D eigenvalue weighted by Gasteiger charge is 2.15. The summed E-state index contributed by atoms with van der Waals surface area (Å²) in [6.07, 6.45) is 0. The monoisotopic (exact) mass is 321 g/mol. The standard InChI is InChI=1S/C11H9Cl2NO2S2/c12-10-4-3-9(6-11(10)13)18(15,16)14-7-8-2-1-5-17-8/h1-6,14H,7H2. The van der Waals surface area contributed by atoms with E-state index in [1.54, 1.807) is 0 Å². The number of hydrogen-bond donors (Lipinski definition) is 1. The molecule has 1 aromatic heterocycles. The number of nitrogens with one attached hydrogen (secondary N) is 1. The average Bonchev–Trinajstić information content (AvgIpc) is 2.83. The molecule has 2 rings (SSSR count). The molecule has 0 bridgehead atoms. The predicted molar refractivity (Wildman–Crippen MR) is 74.8 cm³/mol. The minimum Gasteiger partial charge on any atom is -0.207 e. The highest BCUT2D eigenvalue weighted by atomic mass is 35.5. The summed E-state index contributed by atoms with van der Waals surface area (Å²) in [6.45, 7) is 0.264. The van der Waals surface area contributed by atoms with Crippen molar-refractivity contribution in [2.45, 2.75) is 11.4 Å². The van der Waals surface area contributed by atoms with Gasteiger partial charge in [0.25, 0.3) is 0 Å². The van der Waals surface area contributed by atoms with Crippen molar-refractivity contribution in [3.8, 4) is 0 Å². The molecule has 3 nitrogen and oxygen atoms in total. The van der Waals surface area contributed by atoms with Gasteiger partial charge in [0.1, 0.15) is 0 Å². The van der Waals surface area contributed by atoms with Gasteiger partial charge in [0.2, 0.25) is 10.0 Å². The maximum absolute atomic E-state index is 12.0. The van der Waals surface area contributed by atoms with Crippen LogP contribution in [-0.2, 0) is 16.6 Å². The first-order chi connectivity index (χ1) is 8.49. The van der Waals surface area contributed by atoms with Crippen molar-refractivity contribution in [3.05, 3.63) is 50.6 Å². The second-order valence-electron chi connectivity index (χ2n) is 3.48. The third-order valence-corrected chi connectivity index (χ3v) is 5.23. The largest absolute Gasteiger partial charge is 0.240 e. The number of sulfonamides is 1. The van der Waals surface area contributed by atoms with Crippen molar-refractivity contribution in [1.82, 2.24) is 4.72 Å². The summed E-state index contributed by atoms with van der Waals surface area (Å²) in [5.74, 6) is 0. The van der Waals surface area contributed by atoms with Crippen LogP contribution in [0.15, 0.2) is 40.6 Å². The van der Waals surface area contributed by atoms with E-state index in [0.29, 0.717) is 5.02 Å². The first kappa shape index (κ1) is 13.8. The second kappa shape index (κ2) is 5.59. The fourth-order valence-corrected chi connectivity index (χ4v) is 3.44. The summed E-state index contributed by atoms with van der Waals surface area (Å²) < 4.78 is 26.5. The molecular formula is C11H9Cl2NO2S2. The molecule has 18 heavy (non-hydrogen) atoms. The van der Waals surface area contributed by atoms with Gasteiger partial charge in [-0.15, -0.1) is 11.3 Å². The van der Waals surface area contributed by atoms with Crippen LogP contribution in [0.3, 0.4) is 0 Å². The molecule has 0 amide bonds. The van der Waals surface area contributed by atoms with Gasteiger partial charge in [-0.3, -0.25) is 0 Å². The third kappa shape index (κ3) is 3.24. The summed E-state index contributed by atoms with van der Waals surface area (Å²) in [5, 5.41) is 2.44. The van der Waals surface area contributed by atoms with E-state index in [1.165, 1.54) is 29.5 Å². The molecule has 1 heterocycles. The Morgan fingerprint density at radius 1 is 1.17 bits per heavy atom. The van der Waals surface area contributed by atoms with Crippen molar-refractivity contribution >= 4 is 44.6 Å². The van der Waals surface area contributed by atoms with Crippen LogP contribution in [0.1, 0.15) is 4.88 Å². The SMILES string of the molecule is O=S(=O)(NCc1cccs1)c1ccc(Cl)c(Cl)c1. The third-order valence-electron chi connectivity index (χ3n) is 2.22. The summed E-state index contributed by atoms with van der Waals surface area (Å²) in [6, 6.07) is 7.95. The minimum absolute atomic E-state index is 0.105. The van der Waals surface area contributed by atoms with E-state index in [0.717, 1.165) is 4.88 Å². The van der Waals surface area contributed by atoms with Gasteiger partial charge in [-0.2, -0.15) is 0 Å². The van der Waals surface area contributed by atoms with Gasteiger partial charge >= 0.3 is 0 Å². The molecule has 0 aliphatic rings. The van der Waals surface area contributed by atoms with E-state index in [2.05, 4.69) is 4.72 Å². The summed E-state index contributed by atoms with van der Waals surface area (Å²) in [4.78, 5) is 1.05. The molecule has 0 unspecified atom stereocenters. The number of halogens is 2. The summed E-state index contributed by atoms with van der Waals surface area (Å²) >= 11 is 13.0. The van der Waals surface area contributed by atoms with Crippen LogP contribution >= 0.6 is 34.5 Å². The topological polar surface area (TPSA) is 46.2 Å². The molecule has 0 atom stereocenters. The lowest BCUT2D eigenvalue weighted by atomic mass is 10.4. The lowest BCUT2D eigenvalue weighted by molar-refractivity contribution is 0.582. The van der Waals surface area contributed by atoms with Crippen LogP contribution in [0.4, 0.5) is 0 Å². The Kier molecular flexibility index (Phi) is 4.29. The van der Waals surface area contributed by atoms with Gasteiger partial charge < -0.3 is 0 Å². The molecule has 7 heteroatoms. The lowest BCUT2D eigenvalue weighted by Gasteiger charge is -2.06. The highest BCUT2D eigenvalue weighted by molar-refractivity contribution is 7.89. The van der Waals surface area contributed by atoms with Gasteiger partial charge in [0, 0.05) is 11.4 Å². The van der Waals surface area contributed by atoms with Gasteiger partial charge in [-0.1, -0.05) is 29.3 Å².